The molecular formula is C19H20O6. The summed E-state index contributed by atoms with van der Waals surface area (Å²) in [5.74, 6) is 0.905. The molecule has 0 saturated carbocycles. The van der Waals surface area contributed by atoms with Gasteiger partial charge in [-0.05, 0) is 36.4 Å². The van der Waals surface area contributed by atoms with Crippen LogP contribution in [-0.2, 0) is 0 Å². The highest BCUT2D eigenvalue weighted by Crippen LogP contribution is 2.38. The van der Waals surface area contributed by atoms with E-state index in [9.17, 15) is 9.59 Å². The number of rotatable bonds is 7. The Hall–Kier alpha value is -3.02. The van der Waals surface area contributed by atoms with Gasteiger partial charge in [0, 0.05) is 12.0 Å². The van der Waals surface area contributed by atoms with Crippen LogP contribution in [0.2, 0.25) is 0 Å². The summed E-state index contributed by atoms with van der Waals surface area (Å²) in [6.07, 6.45) is 0.421. The van der Waals surface area contributed by atoms with Crippen LogP contribution in [0.4, 0.5) is 0 Å². The molecule has 0 N–H and O–H groups in total. The number of ketones is 1. The molecule has 25 heavy (non-hydrogen) atoms. The van der Waals surface area contributed by atoms with Crippen molar-refractivity contribution in [3.05, 3.63) is 47.5 Å². The Balaban J connectivity index is 2.24. The van der Waals surface area contributed by atoms with E-state index in [-0.39, 0.29) is 11.3 Å². The number of carbonyl (C=O) groups is 2. The first-order valence-electron chi connectivity index (χ1n) is 7.69. The lowest BCUT2D eigenvalue weighted by molar-refractivity contribution is 0.0733. The summed E-state index contributed by atoms with van der Waals surface area (Å²) in [6, 6.07) is 9.45. The lowest BCUT2D eigenvalue weighted by Crippen LogP contribution is -2.10. The van der Waals surface area contributed by atoms with Gasteiger partial charge < -0.3 is 18.9 Å². The van der Waals surface area contributed by atoms with E-state index in [4.69, 9.17) is 18.9 Å². The molecule has 6 nitrogen and oxygen atoms in total. The molecule has 0 amide bonds. The molecule has 0 saturated heterocycles. The van der Waals surface area contributed by atoms with E-state index < -0.39 is 5.97 Å². The maximum atomic E-state index is 12.4. The third-order valence-electron chi connectivity index (χ3n) is 3.61. The first-order valence-corrected chi connectivity index (χ1v) is 7.69. The highest BCUT2D eigenvalue weighted by Gasteiger charge is 2.18. The van der Waals surface area contributed by atoms with Crippen molar-refractivity contribution >= 4 is 11.8 Å². The summed E-state index contributed by atoms with van der Waals surface area (Å²) < 4.78 is 21.0. The van der Waals surface area contributed by atoms with Crippen molar-refractivity contribution in [1.82, 2.24) is 0 Å². The summed E-state index contributed by atoms with van der Waals surface area (Å²) in [5, 5.41) is 0. The van der Waals surface area contributed by atoms with Crippen molar-refractivity contribution in [2.24, 2.45) is 0 Å². The Morgan fingerprint density at radius 1 is 0.840 bits per heavy atom. The molecule has 2 rings (SSSR count). The Bertz CT molecular complexity index is 739. The van der Waals surface area contributed by atoms with Crippen molar-refractivity contribution in [3.63, 3.8) is 0 Å². The second-order valence-electron chi connectivity index (χ2n) is 5.10. The highest BCUT2D eigenvalue weighted by atomic mass is 16.5. The van der Waals surface area contributed by atoms with E-state index in [1.807, 2.05) is 0 Å². The third-order valence-corrected chi connectivity index (χ3v) is 3.61. The molecular weight excluding hydrogens is 324 g/mol. The van der Waals surface area contributed by atoms with Gasteiger partial charge >= 0.3 is 5.97 Å². The number of esters is 1. The summed E-state index contributed by atoms with van der Waals surface area (Å²) in [6.45, 7) is 1.79. The molecule has 0 aromatic heterocycles. The topological polar surface area (TPSA) is 71.1 Å². The molecule has 0 aliphatic carbocycles. The molecule has 2 aromatic carbocycles. The zero-order chi connectivity index (χ0) is 18.4. The normalized spacial score (nSPS) is 10.1. The number of hydrogen-bond acceptors (Lipinski definition) is 6. The van der Waals surface area contributed by atoms with Crippen molar-refractivity contribution in [2.45, 2.75) is 13.3 Å². The standard InChI is InChI=1S/C19H20O6/c1-5-15(20)12-6-8-14(9-7-12)25-19(21)13-10-16(22-2)18(24-4)17(11-13)23-3/h6-11H,5H2,1-4H3. The van der Waals surface area contributed by atoms with Crippen molar-refractivity contribution < 1.29 is 28.5 Å². The molecule has 6 heteroatoms. The molecule has 0 aliphatic heterocycles. The average molecular weight is 344 g/mol. The van der Waals surface area contributed by atoms with Crippen LogP contribution >= 0.6 is 0 Å². The molecule has 0 bridgehead atoms. The zero-order valence-corrected chi connectivity index (χ0v) is 14.6. The zero-order valence-electron chi connectivity index (χ0n) is 14.6. The maximum Gasteiger partial charge on any atom is 0.343 e. The van der Waals surface area contributed by atoms with Gasteiger partial charge in [-0.3, -0.25) is 4.79 Å². The van der Waals surface area contributed by atoms with E-state index in [1.54, 1.807) is 31.2 Å². The third kappa shape index (κ3) is 4.09. The SMILES string of the molecule is CCC(=O)c1ccc(OC(=O)c2cc(OC)c(OC)c(OC)c2)cc1. The predicted octanol–water partition coefficient (Wildman–Crippen LogP) is 3.52. The molecule has 0 fully saturated rings. The van der Waals surface area contributed by atoms with Crippen molar-refractivity contribution in [1.29, 1.82) is 0 Å². The van der Waals surface area contributed by atoms with Crippen LogP contribution in [0.15, 0.2) is 36.4 Å². The van der Waals surface area contributed by atoms with Gasteiger partial charge in [0.25, 0.3) is 0 Å². The number of methoxy groups -OCH3 is 3. The van der Waals surface area contributed by atoms with Crippen LogP contribution in [-0.4, -0.2) is 33.1 Å². The molecule has 0 unspecified atom stereocenters. The number of hydrogen-bond donors (Lipinski definition) is 0. The number of ether oxygens (including phenoxy) is 4. The van der Waals surface area contributed by atoms with Crippen LogP contribution in [0, 0.1) is 0 Å². The Morgan fingerprint density at radius 3 is 1.84 bits per heavy atom. The monoisotopic (exact) mass is 344 g/mol. The first-order chi connectivity index (χ1) is 12.0. The maximum absolute atomic E-state index is 12.4. The van der Waals surface area contributed by atoms with Crippen molar-refractivity contribution in [3.8, 4) is 23.0 Å². The van der Waals surface area contributed by atoms with Gasteiger partial charge in [-0.1, -0.05) is 6.92 Å². The van der Waals surface area contributed by atoms with E-state index >= 15 is 0 Å². The molecule has 0 radical (unpaired) electrons. The van der Waals surface area contributed by atoms with Crippen LogP contribution in [0.5, 0.6) is 23.0 Å². The predicted molar refractivity (Wildman–Crippen MR) is 92.1 cm³/mol. The molecule has 0 heterocycles. The number of carbonyl (C=O) groups excluding carboxylic acids is 2. The second-order valence-corrected chi connectivity index (χ2v) is 5.10. The van der Waals surface area contributed by atoms with E-state index in [0.29, 0.717) is 35.0 Å². The summed E-state index contributed by atoms with van der Waals surface area (Å²) in [4.78, 5) is 24.0. The Labute approximate surface area is 146 Å². The van der Waals surface area contributed by atoms with Gasteiger partial charge in [0.1, 0.15) is 5.75 Å². The van der Waals surface area contributed by atoms with Gasteiger partial charge in [-0.2, -0.15) is 0 Å². The molecule has 0 aliphatic rings. The Morgan fingerprint density at radius 2 is 1.40 bits per heavy atom. The average Bonchev–Trinajstić information content (AvgIpc) is 2.66. The van der Waals surface area contributed by atoms with Gasteiger partial charge in [-0.25, -0.2) is 4.79 Å². The van der Waals surface area contributed by atoms with Crippen LogP contribution in [0.3, 0.4) is 0 Å². The molecule has 0 spiro atoms. The lowest BCUT2D eigenvalue weighted by Gasteiger charge is -2.13. The van der Waals surface area contributed by atoms with Gasteiger partial charge in [0.2, 0.25) is 5.75 Å². The number of benzene rings is 2. The van der Waals surface area contributed by atoms with Gasteiger partial charge in [0.15, 0.2) is 17.3 Å². The Kier molecular flexibility index (Phi) is 6.00. The fourth-order valence-electron chi connectivity index (χ4n) is 2.28. The van der Waals surface area contributed by atoms with E-state index in [2.05, 4.69) is 0 Å². The minimum absolute atomic E-state index is 0.0301. The largest absolute Gasteiger partial charge is 0.493 e. The minimum Gasteiger partial charge on any atom is -0.493 e. The molecule has 2 aromatic rings. The van der Waals surface area contributed by atoms with Crippen LogP contribution < -0.4 is 18.9 Å². The smallest absolute Gasteiger partial charge is 0.343 e. The van der Waals surface area contributed by atoms with E-state index in [0.717, 1.165) is 0 Å². The summed E-state index contributed by atoms with van der Waals surface area (Å²) >= 11 is 0. The van der Waals surface area contributed by atoms with Crippen molar-refractivity contribution in [2.75, 3.05) is 21.3 Å². The second kappa shape index (κ2) is 8.19. The highest BCUT2D eigenvalue weighted by molar-refractivity contribution is 5.96. The fraction of sp³-hybridized carbons (Fsp3) is 0.263. The lowest BCUT2D eigenvalue weighted by atomic mass is 10.1. The van der Waals surface area contributed by atoms with Gasteiger partial charge in [0.05, 0.1) is 26.9 Å². The van der Waals surface area contributed by atoms with E-state index in [1.165, 1.54) is 33.5 Å². The fourth-order valence-corrected chi connectivity index (χ4v) is 2.28. The summed E-state index contributed by atoms with van der Waals surface area (Å²) in [7, 11) is 4.42. The minimum atomic E-state index is -0.575. The molecule has 132 valence electrons. The van der Waals surface area contributed by atoms with Gasteiger partial charge in [-0.15, -0.1) is 0 Å². The van der Waals surface area contributed by atoms with Crippen LogP contribution in [0.1, 0.15) is 34.1 Å². The van der Waals surface area contributed by atoms with Crippen LogP contribution in [0.25, 0.3) is 0 Å². The molecule has 0 atom stereocenters. The summed E-state index contributed by atoms with van der Waals surface area (Å²) in [5.41, 5.74) is 0.832. The first kappa shape index (κ1) is 18.3. The number of Topliss-reactive ketones (excluding diaryl/α,β-unsaturated/α-hetero) is 1. The quantitative estimate of drug-likeness (QED) is 0.435.